The molecule has 0 radical (unpaired) electrons. The van der Waals surface area contributed by atoms with Gasteiger partial charge in [0.2, 0.25) is 0 Å². The van der Waals surface area contributed by atoms with Crippen LogP contribution in [0.2, 0.25) is 0 Å². The third-order valence-corrected chi connectivity index (χ3v) is 4.77. The Balaban J connectivity index is 3.42. The number of carboxylic acids is 1. The van der Waals surface area contributed by atoms with Gasteiger partial charge in [0.1, 0.15) is 0 Å². The predicted octanol–water partition coefficient (Wildman–Crippen LogP) is 6.04. The second-order valence-electron chi connectivity index (χ2n) is 6.90. The molecular weight excluding hydrogens is 248 g/mol. The van der Waals surface area contributed by atoms with Crippen LogP contribution in [-0.2, 0) is 4.79 Å². The number of carbonyl (C=O) groups is 1. The first-order chi connectivity index (χ1) is 9.42. The maximum atomic E-state index is 11.1. The number of aliphatic carboxylic acids is 1. The average molecular weight is 284 g/mol. The molecule has 2 heteroatoms. The van der Waals surface area contributed by atoms with E-state index in [0.717, 1.165) is 6.42 Å². The van der Waals surface area contributed by atoms with E-state index in [1.807, 2.05) is 13.8 Å². The molecule has 0 aliphatic carbocycles. The van der Waals surface area contributed by atoms with Gasteiger partial charge in [0, 0.05) is 0 Å². The van der Waals surface area contributed by atoms with E-state index in [-0.39, 0.29) is 5.92 Å². The first kappa shape index (κ1) is 19.5. The van der Waals surface area contributed by atoms with Crippen LogP contribution in [0.5, 0.6) is 0 Å². The highest BCUT2D eigenvalue weighted by atomic mass is 16.4. The summed E-state index contributed by atoms with van der Waals surface area (Å²) in [6, 6.07) is 0. The Bertz CT molecular complexity index is 246. The Morgan fingerprint density at radius 2 is 1.30 bits per heavy atom. The molecule has 0 amide bonds. The topological polar surface area (TPSA) is 37.3 Å². The first-order valence-corrected chi connectivity index (χ1v) is 8.66. The molecule has 1 atom stereocenters. The number of carboxylic acid groups (broad SMARTS) is 1. The number of unbranched alkanes of at least 4 members (excludes halogenated alkanes) is 9. The predicted molar refractivity (Wildman–Crippen MR) is 87.0 cm³/mol. The fourth-order valence-electron chi connectivity index (χ4n) is 2.51. The molecule has 2 nitrogen and oxygen atoms in total. The summed E-state index contributed by atoms with van der Waals surface area (Å²) in [4.78, 5) is 11.1. The third-order valence-electron chi connectivity index (χ3n) is 4.77. The van der Waals surface area contributed by atoms with Gasteiger partial charge in [-0.3, -0.25) is 4.79 Å². The van der Waals surface area contributed by atoms with E-state index in [2.05, 4.69) is 13.8 Å². The van der Waals surface area contributed by atoms with E-state index < -0.39 is 11.4 Å². The van der Waals surface area contributed by atoms with Crippen molar-refractivity contribution < 1.29 is 9.90 Å². The summed E-state index contributed by atoms with van der Waals surface area (Å²) >= 11 is 0. The maximum Gasteiger partial charge on any atom is 0.309 e. The molecule has 0 heterocycles. The standard InChI is InChI=1S/C18H36O2/c1-5-6-7-8-9-10-11-12-13-14-15-16(2)18(3,4)17(19)20/h16H,5-15H2,1-4H3,(H,19,20). The maximum absolute atomic E-state index is 11.1. The molecule has 0 spiro atoms. The van der Waals surface area contributed by atoms with Gasteiger partial charge in [0.25, 0.3) is 0 Å². The zero-order valence-corrected chi connectivity index (χ0v) is 14.2. The van der Waals surface area contributed by atoms with Crippen molar-refractivity contribution in [3.63, 3.8) is 0 Å². The van der Waals surface area contributed by atoms with E-state index in [0.29, 0.717) is 0 Å². The van der Waals surface area contributed by atoms with Crippen molar-refractivity contribution >= 4 is 5.97 Å². The fraction of sp³-hybridized carbons (Fsp3) is 0.944. The average Bonchev–Trinajstić information content (AvgIpc) is 2.40. The first-order valence-electron chi connectivity index (χ1n) is 8.66. The molecule has 0 aromatic carbocycles. The van der Waals surface area contributed by atoms with Crippen molar-refractivity contribution in [2.75, 3.05) is 0 Å². The van der Waals surface area contributed by atoms with Crippen LogP contribution in [0.1, 0.15) is 98.3 Å². The summed E-state index contributed by atoms with van der Waals surface area (Å²) in [5, 5.41) is 9.17. The van der Waals surface area contributed by atoms with Crippen LogP contribution in [0, 0.1) is 11.3 Å². The van der Waals surface area contributed by atoms with Crippen molar-refractivity contribution in [2.45, 2.75) is 98.3 Å². The molecule has 0 rings (SSSR count). The zero-order chi connectivity index (χ0) is 15.4. The molecule has 1 N–H and O–H groups in total. The van der Waals surface area contributed by atoms with E-state index in [1.54, 1.807) is 0 Å². The zero-order valence-electron chi connectivity index (χ0n) is 14.2. The Morgan fingerprint density at radius 3 is 1.70 bits per heavy atom. The summed E-state index contributed by atoms with van der Waals surface area (Å²) in [5.41, 5.74) is -0.584. The van der Waals surface area contributed by atoms with E-state index in [4.69, 9.17) is 0 Å². The van der Waals surface area contributed by atoms with Crippen LogP contribution in [-0.4, -0.2) is 11.1 Å². The van der Waals surface area contributed by atoms with Crippen LogP contribution in [0.25, 0.3) is 0 Å². The van der Waals surface area contributed by atoms with Crippen molar-refractivity contribution in [3.05, 3.63) is 0 Å². The van der Waals surface area contributed by atoms with Crippen molar-refractivity contribution in [3.8, 4) is 0 Å². The van der Waals surface area contributed by atoms with Crippen molar-refractivity contribution in [2.24, 2.45) is 11.3 Å². The summed E-state index contributed by atoms with van der Waals surface area (Å²) < 4.78 is 0. The smallest absolute Gasteiger partial charge is 0.309 e. The van der Waals surface area contributed by atoms with Crippen LogP contribution in [0.4, 0.5) is 0 Å². The number of rotatable bonds is 13. The molecule has 0 aromatic heterocycles. The lowest BCUT2D eigenvalue weighted by Crippen LogP contribution is -2.31. The molecule has 120 valence electrons. The molecular formula is C18H36O2. The minimum Gasteiger partial charge on any atom is -0.481 e. The van der Waals surface area contributed by atoms with Gasteiger partial charge in [-0.05, 0) is 26.2 Å². The molecule has 0 saturated carbocycles. The lowest BCUT2D eigenvalue weighted by Gasteiger charge is -2.27. The Kier molecular flexibility index (Phi) is 10.9. The molecule has 0 saturated heterocycles. The number of hydrogen-bond donors (Lipinski definition) is 1. The van der Waals surface area contributed by atoms with Gasteiger partial charge in [-0.1, -0.05) is 78.1 Å². The summed E-state index contributed by atoms with van der Waals surface area (Å²) in [6.45, 7) is 8.01. The lowest BCUT2D eigenvalue weighted by atomic mass is 9.77. The van der Waals surface area contributed by atoms with Crippen LogP contribution >= 0.6 is 0 Å². The van der Waals surface area contributed by atoms with Gasteiger partial charge in [-0.25, -0.2) is 0 Å². The van der Waals surface area contributed by atoms with Gasteiger partial charge in [-0.15, -0.1) is 0 Å². The minimum absolute atomic E-state index is 0.258. The number of hydrogen-bond acceptors (Lipinski definition) is 1. The molecule has 0 fully saturated rings. The van der Waals surface area contributed by atoms with E-state index >= 15 is 0 Å². The molecule has 0 bridgehead atoms. The summed E-state index contributed by atoms with van der Waals surface area (Å²) in [5.74, 6) is -0.411. The van der Waals surface area contributed by atoms with Gasteiger partial charge < -0.3 is 5.11 Å². The van der Waals surface area contributed by atoms with Gasteiger partial charge in [0.15, 0.2) is 0 Å². The lowest BCUT2D eigenvalue weighted by molar-refractivity contribution is -0.149. The highest BCUT2D eigenvalue weighted by Gasteiger charge is 2.33. The highest BCUT2D eigenvalue weighted by molar-refractivity contribution is 5.73. The van der Waals surface area contributed by atoms with Crippen LogP contribution in [0.3, 0.4) is 0 Å². The largest absolute Gasteiger partial charge is 0.481 e. The van der Waals surface area contributed by atoms with E-state index in [1.165, 1.54) is 64.2 Å². The Hall–Kier alpha value is -0.530. The Labute approximate surface area is 126 Å². The van der Waals surface area contributed by atoms with Gasteiger partial charge >= 0.3 is 5.97 Å². The van der Waals surface area contributed by atoms with Crippen molar-refractivity contribution in [1.29, 1.82) is 0 Å². The fourth-order valence-corrected chi connectivity index (χ4v) is 2.51. The normalized spacial score (nSPS) is 13.4. The monoisotopic (exact) mass is 284 g/mol. The van der Waals surface area contributed by atoms with Crippen molar-refractivity contribution in [1.82, 2.24) is 0 Å². The minimum atomic E-state index is -0.669. The molecule has 0 aliphatic heterocycles. The second kappa shape index (κ2) is 11.2. The van der Waals surface area contributed by atoms with Crippen LogP contribution in [0.15, 0.2) is 0 Å². The summed E-state index contributed by atoms with van der Waals surface area (Å²) in [7, 11) is 0. The quantitative estimate of drug-likeness (QED) is 0.418. The Morgan fingerprint density at radius 1 is 0.900 bits per heavy atom. The highest BCUT2D eigenvalue weighted by Crippen LogP contribution is 2.31. The molecule has 0 aromatic rings. The molecule has 20 heavy (non-hydrogen) atoms. The summed E-state index contributed by atoms with van der Waals surface area (Å²) in [6.07, 6.45) is 14.4. The van der Waals surface area contributed by atoms with E-state index in [9.17, 15) is 9.90 Å². The van der Waals surface area contributed by atoms with Gasteiger partial charge in [-0.2, -0.15) is 0 Å². The third kappa shape index (κ3) is 8.60. The molecule has 0 aliphatic rings. The molecule has 1 unspecified atom stereocenters. The SMILES string of the molecule is CCCCCCCCCCCCC(C)C(C)(C)C(=O)O. The second-order valence-corrected chi connectivity index (χ2v) is 6.90. The van der Waals surface area contributed by atoms with Gasteiger partial charge in [0.05, 0.1) is 5.41 Å². The van der Waals surface area contributed by atoms with Crippen LogP contribution < -0.4 is 0 Å².